The lowest BCUT2D eigenvalue weighted by atomic mass is 10.1. The number of nitrogens with zero attached hydrogens (tertiary/aromatic N) is 3. The quantitative estimate of drug-likeness (QED) is 0.249. The Morgan fingerprint density at radius 2 is 1.90 bits per heavy atom. The number of aromatic amines is 1. The molecule has 1 unspecified atom stereocenters. The fraction of sp³-hybridized carbons (Fsp3) is 0.353. The Morgan fingerprint density at radius 1 is 1.13 bits per heavy atom. The molecule has 0 amide bonds. The van der Waals surface area contributed by atoms with E-state index in [4.69, 9.17) is 19.3 Å². The Balaban J connectivity index is 1.33. The number of phosphoric ester groups is 1. The molecule has 1 fully saturated rings. The lowest BCUT2D eigenvalue weighted by Gasteiger charge is -2.17. The molecule has 4 atom stereocenters. The van der Waals surface area contributed by atoms with Gasteiger partial charge in [0.1, 0.15) is 35.9 Å². The van der Waals surface area contributed by atoms with Crippen molar-refractivity contribution in [2.24, 2.45) is 0 Å². The van der Waals surface area contributed by atoms with Crippen LogP contribution in [0.2, 0.25) is 0 Å². The van der Waals surface area contributed by atoms with Gasteiger partial charge in [0, 0.05) is 6.54 Å². The number of H-pyrrole nitrogens is 1. The van der Waals surface area contributed by atoms with Gasteiger partial charge in [-0.05, 0) is 17.7 Å². The van der Waals surface area contributed by atoms with Gasteiger partial charge >= 0.3 is 7.82 Å². The first kappa shape index (κ1) is 21.6. The number of fused-ring (bicyclic) bond motifs is 1. The molecule has 1 aliphatic heterocycles. The van der Waals surface area contributed by atoms with E-state index in [0.29, 0.717) is 29.3 Å². The molecule has 3 heterocycles. The van der Waals surface area contributed by atoms with Gasteiger partial charge in [0.15, 0.2) is 11.5 Å². The highest BCUT2D eigenvalue weighted by Crippen LogP contribution is 2.37. The maximum Gasteiger partial charge on any atom is 0.469 e. The minimum atomic E-state index is -4.73. The molecule has 0 saturated carbocycles. The third-order valence-electron chi connectivity index (χ3n) is 4.58. The minimum Gasteiger partial charge on any atom is -0.462 e. The van der Waals surface area contributed by atoms with Crippen LogP contribution in [-0.4, -0.2) is 71.1 Å². The van der Waals surface area contributed by atoms with Crippen LogP contribution in [0.3, 0.4) is 0 Å². The molecule has 0 spiro atoms. The molecule has 6 N–H and O–H groups in total. The number of rotatable bonds is 8. The summed E-state index contributed by atoms with van der Waals surface area (Å²) in [6, 6.07) is 6.90. The van der Waals surface area contributed by atoms with E-state index in [1.54, 1.807) is 24.3 Å². The van der Waals surface area contributed by atoms with Crippen molar-refractivity contribution in [2.45, 2.75) is 31.1 Å². The lowest BCUT2D eigenvalue weighted by Crippen LogP contribution is -2.35. The molecule has 166 valence electrons. The van der Waals surface area contributed by atoms with Gasteiger partial charge in [-0.2, -0.15) is 0 Å². The van der Waals surface area contributed by atoms with E-state index in [2.05, 4.69) is 29.8 Å². The normalized spacial score (nSPS) is 23.9. The van der Waals surface area contributed by atoms with Gasteiger partial charge in [-0.25, -0.2) is 19.5 Å². The standard InChI is InChI=1S/C17H20N5O8P/c23-13-11(6-28-31(25,26)27)30-17(14(13)24)29-10-3-1-9(2-4-10)5-18-15-12-16(20-7-19-12)22-8-21-15/h1-4,7-8,11,13-14,17,23-24H,5-6H2,(H2,25,26,27)(H2,18,19,20,21,22)/t11-,13-,14-,17?/m1/s1. The number of ether oxygens (including phenoxy) is 2. The molecule has 1 aliphatic rings. The molecule has 0 radical (unpaired) electrons. The average molecular weight is 453 g/mol. The van der Waals surface area contributed by atoms with Gasteiger partial charge in [0.25, 0.3) is 0 Å². The zero-order valence-electron chi connectivity index (χ0n) is 15.9. The highest BCUT2D eigenvalue weighted by Gasteiger charge is 2.45. The molecule has 14 heteroatoms. The molecule has 13 nitrogen and oxygen atoms in total. The van der Waals surface area contributed by atoms with Crippen molar-refractivity contribution < 1.29 is 38.6 Å². The Kier molecular flexibility index (Phi) is 6.16. The Morgan fingerprint density at radius 3 is 2.65 bits per heavy atom. The molecule has 2 aromatic heterocycles. The number of phosphoric acid groups is 1. The Hall–Kier alpha value is -2.64. The van der Waals surface area contributed by atoms with Crippen LogP contribution < -0.4 is 10.1 Å². The number of benzene rings is 1. The van der Waals surface area contributed by atoms with E-state index in [1.807, 2.05) is 0 Å². The molecule has 3 aromatic rings. The molecule has 4 rings (SSSR count). The van der Waals surface area contributed by atoms with E-state index in [-0.39, 0.29) is 0 Å². The van der Waals surface area contributed by atoms with Gasteiger partial charge < -0.3 is 39.8 Å². The second kappa shape index (κ2) is 8.85. The van der Waals surface area contributed by atoms with Gasteiger partial charge in [-0.3, -0.25) is 4.52 Å². The summed E-state index contributed by atoms with van der Waals surface area (Å²) in [4.78, 5) is 32.8. The lowest BCUT2D eigenvalue weighted by molar-refractivity contribution is -0.115. The molecule has 0 aliphatic carbocycles. The average Bonchev–Trinajstić information content (AvgIpc) is 3.32. The van der Waals surface area contributed by atoms with Crippen molar-refractivity contribution in [1.82, 2.24) is 19.9 Å². The second-order valence-corrected chi connectivity index (χ2v) is 7.99. The van der Waals surface area contributed by atoms with E-state index >= 15 is 0 Å². The summed E-state index contributed by atoms with van der Waals surface area (Å²) in [6.07, 6.45) is -2.26. The summed E-state index contributed by atoms with van der Waals surface area (Å²) in [6.45, 7) is -0.131. The summed E-state index contributed by atoms with van der Waals surface area (Å²) in [5, 5.41) is 23.2. The largest absolute Gasteiger partial charge is 0.469 e. The summed E-state index contributed by atoms with van der Waals surface area (Å²) in [5.41, 5.74) is 2.17. The van der Waals surface area contributed by atoms with Gasteiger partial charge in [-0.1, -0.05) is 12.1 Å². The summed E-state index contributed by atoms with van der Waals surface area (Å²) < 4.78 is 26.0. The smallest absolute Gasteiger partial charge is 0.462 e. The van der Waals surface area contributed by atoms with Crippen LogP contribution in [0.5, 0.6) is 5.75 Å². The predicted molar refractivity (Wildman–Crippen MR) is 105 cm³/mol. The van der Waals surface area contributed by atoms with Crippen LogP contribution in [0, 0.1) is 0 Å². The molecule has 1 saturated heterocycles. The molecule has 0 bridgehead atoms. The number of hydrogen-bond donors (Lipinski definition) is 6. The van der Waals surface area contributed by atoms with Crippen molar-refractivity contribution >= 4 is 24.8 Å². The van der Waals surface area contributed by atoms with E-state index in [1.165, 1.54) is 12.7 Å². The maximum atomic E-state index is 10.8. The van der Waals surface area contributed by atoms with Crippen molar-refractivity contribution in [3.8, 4) is 5.75 Å². The van der Waals surface area contributed by atoms with Crippen molar-refractivity contribution in [3.63, 3.8) is 0 Å². The summed E-state index contributed by atoms with van der Waals surface area (Å²) in [7, 11) is -4.73. The minimum absolute atomic E-state index is 0.370. The van der Waals surface area contributed by atoms with Gasteiger partial charge in [-0.15, -0.1) is 0 Å². The fourth-order valence-corrected chi connectivity index (χ4v) is 3.37. The monoisotopic (exact) mass is 453 g/mol. The van der Waals surface area contributed by atoms with Crippen molar-refractivity contribution in [2.75, 3.05) is 11.9 Å². The number of aromatic nitrogens is 4. The number of aliphatic hydroxyl groups is 2. The van der Waals surface area contributed by atoms with E-state index in [0.717, 1.165) is 5.56 Å². The van der Waals surface area contributed by atoms with Crippen LogP contribution in [-0.2, 0) is 20.4 Å². The molecular formula is C17H20N5O8P. The number of nitrogens with one attached hydrogen (secondary N) is 2. The zero-order valence-corrected chi connectivity index (χ0v) is 16.8. The molecule has 1 aromatic carbocycles. The topological polar surface area (TPSA) is 192 Å². The third-order valence-corrected chi connectivity index (χ3v) is 5.07. The SMILES string of the molecule is O=P(O)(O)OC[C@H]1OC(Oc2ccc(CNc3ncnc4nc[nH]c34)cc2)[C@H](O)[C@@H]1O. The van der Waals surface area contributed by atoms with E-state index < -0.39 is 39.0 Å². The van der Waals surface area contributed by atoms with Gasteiger partial charge in [0.2, 0.25) is 6.29 Å². The summed E-state index contributed by atoms with van der Waals surface area (Å²) >= 11 is 0. The first-order valence-electron chi connectivity index (χ1n) is 9.15. The molecular weight excluding hydrogens is 433 g/mol. The Bertz CT molecular complexity index is 1070. The van der Waals surface area contributed by atoms with E-state index in [9.17, 15) is 14.8 Å². The first-order chi connectivity index (χ1) is 14.8. The van der Waals surface area contributed by atoms with Crippen LogP contribution in [0.15, 0.2) is 36.9 Å². The van der Waals surface area contributed by atoms with Crippen LogP contribution in [0.1, 0.15) is 5.56 Å². The highest BCUT2D eigenvalue weighted by molar-refractivity contribution is 7.46. The number of hydrogen-bond acceptors (Lipinski definition) is 10. The second-order valence-electron chi connectivity index (χ2n) is 6.75. The predicted octanol–water partition coefficient (Wildman–Crippen LogP) is -0.100. The Labute approximate surface area is 175 Å². The first-order valence-corrected chi connectivity index (χ1v) is 10.7. The highest BCUT2D eigenvalue weighted by atomic mass is 31.2. The van der Waals surface area contributed by atoms with Crippen molar-refractivity contribution in [1.29, 1.82) is 0 Å². The fourth-order valence-electron chi connectivity index (χ4n) is 3.02. The van der Waals surface area contributed by atoms with Crippen LogP contribution >= 0.6 is 7.82 Å². The summed E-state index contributed by atoms with van der Waals surface area (Å²) in [5.74, 6) is 0.984. The number of imidazole rings is 1. The maximum absolute atomic E-state index is 10.8. The van der Waals surface area contributed by atoms with Crippen molar-refractivity contribution in [3.05, 3.63) is 42.5 Å². The number of anilines is 1. The van der Waals surface area contributed by atoms with Crippen LogP contribution in [0.25, 0.3) is 11.2 Å². The van der Waals surface area contributed by atoms with Crippen LogP contribution in [0.4, 0.5) is 5.82 Å². The van der Waals surface area contributed by atoms with Gasteiger partial charge in [0.05, 0.1) is 12.9 Å². The zero-order chi connectivity index (χ0) is 22.0. The third kappa shape index (κ3) is 5.17. The molecule has 31 heavy (non-hydrogen) atoms. The number of aliphatic hydroxyl groups excluding tert-OH is 2.